The van der Waals surface area contributed by atoms with E-state index >= 15 is 0 Å². The minimum Gasteiger partial charge on any atom is -0.271 e. The number of imide groups is 1. The number of benzene rings is 2. The molecule has 26 heavy (non-hydrogen) atoms. The number of carbonyl (C=O) groups excluding carboxylic acids is 2. The van der Waals surface area contributed by atoms with Gasteiger partial charge in [0.05, 0.1) is 12.2 Å². The van der Waals surface area contributed by atoms with Gasteiger partial charge in [0.15, 0.2) is 12.1 Å². The first-order chi connectivity index (χ1) is 12.5. The summed E-state index contributed by atoms with van der Waals surface area (Å²) in [4.78, 5) is 27.0. The monoisotopic (exact) mass is 368 g/mol. The van der Waals surface area contributed by atoms with E-state index in [1.54, 1.807) is 17.1 Å². The van der Waals surface area contributed by atoms with E-state index in [4.69, 9.17) is 11.6 Å². The number of aryl methyl sites for hydroxylation is 2. The predicted octanol–water partition coefficient (Wildman–Crippen LogP) is 3.45. The van der Waals surface area contributed by atoms with Gasteiger partial charge in [-0.05, 0) is 54.8 Å². The fourth-order valence-electron chi connectivity index (χ4n) is 3.30. The van der Waals surface area contributed by atoms with Crippen LogP contribution in [0, 0.1) is 13.8 Å². The summed E-state index contributed by atoms with van der Waals surface area (Å²) >= 11 is 6.02. The van der Waals surface area contributed by atoms with Gasteiger partial charge in [0.25, 0.3) is 11.8 Å². The van der Waals surface area contributed by atoms with Gasteiger partial charge in [0, 0.05) is 5.02 Å². The molecule has 0 N–H and O–H groups in total. The van der Waals surface area contributed by atoms with E-state index in [-0.39, 0.29) is 11.8 Å². The van der Waals surface area contributed by atoms with E-state index in [0.717, 1.165) is 16.7 Å². The second kappa shape index (κ2) is 6.21. The van der Waals surface area contributed by atoms with E-state index in [2.05, 4.69) is 10.3 Å². The Morgan fingerprint density at radius 3 is 2.58 bits per heavy atom. The summed E-state index contributed by atoms with van der Waals surface area (Å²) in [5, 5.41) is 10.3. The van der Waals surface area contributed by atoms with Crippen molar-refractivity contribution in [1.82, 2.24) is 5.01 Å². The SMILES string of the molecule is Cc1ccc(N2C(=O)[C@@H]3[C@@H](N=NN3Cc3cccc(Cl)c3)C2=O)cc1C. The van der Waals surface area contributed by atoms with Crippen molar-refractivity contribution >= 4 is 29.1 Å². The van der Waals surface area contributed by atoms with Crippen LogP contribution >= 0.6 is 11.6 Å². The number of carbonyl (C=O) groups is 2. The topological polar surface area (TPSA) is 65.3 Å². The molecule has 2 aromatic carbocycles. The van der Waals surface area contributed by atoms with Crippen LogP contribution in [0.3, 0.4) is 0 Å². The van der Waals surface area contributed by atoms with Crippen molar-refractivity contribution in [3.8, 4) is 0 Å². The maximum absolute atomic E-state index is 13.0. The Morgan fingerprint density at radius 1 is 1.04 bits per heavy atom. The molecule has 2 aliphatic heterocycles. The zero-order chi connectivity index (χ0) is 18.4. The molecular formula is C19H17ClN4O2. The molecule has 1 saturated heterocycles. The number of rotatable bonds is 3. The van der Waals surface area contributed by atoms with Crippen molar-refractivity contribution in [2.75, 3.05) is 4.90 Å². The fourth-order valence-corrected chi connectivity index (χ4v) is 3.51. The van der Waals surface area contributed by atoms with Crippen LogP contribution in [0.5, 0.6) is 0 Å². The summed E-state index contributed by atoms with van der Waals surface area (Å²) in [6.45, 7) is 4.31. The van der Waals surface area contributed by atoms with E-state index in [1.807, 2.05) is 44.2 Å². The van der Waals surface area contributed by atoms with Gasteiger partial charge < -0.3 is 0 Å². The predicted molar refractivity (Wildman–Crippen MR) is 97.8 cm³/mol. The zero-order valence-corrected chi connectivity index (χ0v) is 15.1. The summed E-state index contributed by atoms with van der Waals surface area (Å²) in [5.41, 5.74) is 3.62. The first-order valence-corrected chi connectivity index (χ1v) is 8.70. The van der Waals surface area contributed by atoms with Crippen LogP contribution in [0.2, 0.25) is 5.02 Å². The molecule has 132 valence electrons. The summed E-state index contributed by atoms with van der Waals surface area (Å²) < 4.78 is 0. The van der Waals surface area contributed by atoms with Gasteiger partial charge in [0.2, 0.25) is 0 Å². The first kappa shape index (κ1) is 16.7. The molecule has 7 heteroatoms. The van der Waals surface area contributed by atoms with Gasteiger partial charge in [-0.25, -0.2) is 4.90 Å². The number of hydrogen-bond donors (Lipinski definition) is 0. The summed E-state index contributed by atoms with van der Waals surface area (Å²) in [5.74, 6) is -0.629. The molecule has 6 nitrogen and oxygen atoms in total. The molecule has 0 aromatic heterocycles. The molecule has 2 atom stereocenters. The number of fused-ring (bicyclic) bond motifs is 1. The van der Waals surface area contributed by atoms with Gasteiger partial charge in [-0.1, -0.05) is 35.0 Å². The highest BCUT2D eigenvalue weighted by Gasteiger charge is 2.54. The van der Waals surface area contributed by atoms with Crippen LogP contribution in [0.4, 0.5) is 5.69 Å². The minimum atomic E-state index is -0.789. The van der Waals surface area contributed by atoms with Crippen LogP contribution in [0.25, 0.3) is 0 Å². The third-order valence-corrected chi connectivity index (χ3v) is 5.08. The van der Waals surface area contributed by atoms with E-state index in [0.29, 0.717) is 17.3 Å². The second-order valence-corrected chi connectivity index (χ2v) is 7.04. The molecule has 0 saturated carbocycles. The number of hydrogen-bond acceptors (Lipinski definition) is 5. The third kappa shape index (κ3) is 2.66. The first-order valence-electron chi connectivity index (χ1n) is 8.32. The van der Waals surface area contributed by atoms with Crippen LogP contribution in [-0.4, -0.2) is 28.9 Å². The van der Waals surface area contributed by atoms with Gasteiger partial charge in [-0.3, -0.25) is 14.6 Å². The highest BCUT2D eigenvalue weighted by atomic mass is 35.5. The third-order valence-electron chi connectivity index (χ3n) is 4.84. The molecule has 0 bridgehead atoms. The van der Waals surface area contributed by atoms with Crippen LogP contribution in [-0.2, 0) is 16.1 Å². The summed E-state index contributed by atoms with van der Waals surface area (Å²) in [7, 11) is 0. The highest BCUT2D eigenvalue weighted by Crippen LogP contribution is 2.33. The number of halogens is 1. The lowest BCUT2D eigenvalue weighted by molar-refractivity contribution is -0.123. The van der Waals surface area contributed by atoms with Gasteiger partial charge in [-0.15, -0.1) is 0 Å². The Morgan fingerprint density at radius 2 is 1.85 bits per heavy atom. The Kier molecular flexibility index (Phi) is 4.00. The molecule has 1 fully saturated rings. The molecule has 2 amide bonds. The Balaban J connectivity index is 1.62. The molecule has 2 aromatic rings. The molecule has 2 aliphatic rings. The van der Waals surface area contributed by atoms with Gasteiger partial charge in [0.1, 0.15) is 0 Å². The van der Waals surface area contributed by atoms with Crippen LogP contribution in [0.15, 0.2) is 52.8 Å². The standard InChI is InChI=1S/C19H17ClN4O2/c1-11-6-7-15(8-12(11)2)24-18(25)16-17(19(24)26)23(22-21-16)10-13-4-3-5-14(20)9-13/h3-9,16-17H,10H2,1-2H3/t16-,17+/m1/s1. The van der Waals surface area contributed by atoms with Crippen LogP contribution in [0.1, 0.15) is 16.7 Å². The Hall–Kier alpha value is -2.73. The quantitative estimate of drug-likeness (QED) is 0.779. The van der Waals surface area contributed by atoms with Crippen molar-refractivity contribution in [2.24, 2.45) is 10.3 Å². The average Bonchev–Trinajstić information content (AvgIpc) is 3.11. The highest BCUT2D eigenvalue weighted by molar-refractivity contribution is 6.30. The molecule has 0 unspecified atom stereocenters. The summed E-state index contributed by atoms with van der Waals surface area (Å²) in [6.07, 6.45) is 0. The van der Waals surface area contributed by atoms with Gasteiger partial charge in [-0.2, -0.15) is 5.11 Å². The lowest BCUT2D eigenvalue weighted by Crippen LogP contribution is -2.39. The average molecular weight is 369 g/mol. The van der Waals surface area contributed by atoms with Crippen LogP contribution < -0.4 is 4.90 Å². The minimum absolute atomic E-state index is 0.296. The number of amides is 2. The van der Waals surface area contributed by atoms with E-state index in [1.165, 1.54) is 4.90 Å². The van der Waals surface area contributed by atoms with Crippen molar-refractivity contribution in [1.29, 1.82) is 0 Å². The maximum Gasteiger partial charge on any atom is 0.263 e. The van der Waals surface area contributed by atoms with E-state index < -0.39 is 12.1 Å². The largest absolute Gasteiger partial charge is 0.271 e. The molecule has 0 spiro atoms. The molecule has 4 rings (SSSR count). The Bertz CT molecular complexity index is 943. The van der Waals surface area contributed by atoms with Crippen molar-refractivity contribution in [3.63, 3.8) is 0 Å². The second-order valence-electron chi connectivity index (χ2n) is 6.60. The molecular weight excluding hydrogens is 352 g/mol. The summed E-state index contributed by atoms with van der Waals surface area (Å²) in [6, 6.07) is 11.4. The van der Waals surface area contributed by atoms with Crippen molar-refractivity contribution in [3.05, 3.63) is 64.2 Å². The number of nitrogens with zero attached hydrogens (tertiary/aromatic N) is 4. The van der Waals surface area contributed by atoms with Crippen molar-refractivity contribution in [2.45, 2.75) is 32.5 Å². The fraction of sp³-hybridized carbons (Fsp3) is 0.263. The lowest BCUT2D eigenvalue weighted by atomic mass is 10.1. The number of anilines is 1. The molecule has 0 radical (unpaired) electrons. The molecule has 0 aliphatic carbocycles. The van der Waals surface area contributed by atoms with Crippen molar-refractivity contribution < 1.29 is 9.59 Å². The smallest absolute Gasteiger partial charge is 0.263 e. The normalized spacial score (nSPS) is 21.7. The zero-order valence-electron chi connectivity index (χ0n) is 14.4. The van der Waals surface area contributed by atoms with Gasteiger partial charge >= 0.3 is 0 Å². The lowest BCUT2D eigenvalue weighted by Gasteiger charge is -2.21. The Labute approximate surface area is 156 Å². The molecule has 2 heterocycles. The van der Waals surface area contributed by atoms with E-state index in [9.17, 15) is 9.59 Å². The maximum atomic E-state index is 13.0.